The fraction of sp³-hybridized carbons (Fsp3) is 0.500. The van der Waals surface area contributed by atoms with Crippen LogP contribution in [0.2, 0.25) is 0 Å². The molecule has 1 unspecified atom stereocenters. The summed E-state index contributed by atoms with van der Waals surface area (Å²) in [7, 11) is 1.79. The molecule has 0 heterocycles. The summed E-state index contributed by atoms with van der Waals surface area (Å²) in [6.07, 6.45) is 1.73. The lowest BCUT2D eigenvalue weighted by Gasteiger charge is -2.21. The van der Waals surface area contributed by atoms with Crippen molar-refractivity contribution in [1.29, 1.82) is 0 Å². The first kappa shape index (κ1) is 17.0. The van der Waals surface area contributed by atoms with Gasteiger partial charge in [0.2, 0.25) is 0 Å². The Kier molecular flexibility index (Phi) is 6.72. The minimum Gasteiger partial charge on any atom is -0.478 e. The average Bonchev–Trinajstić information content (AvgIpc) is 2.47. The Morgan fingerprint density at radius 1 is 1.29 bits per heavy atom. The Balaban J connectivity index is 2.35. The highest BCUT2D eigenvalue weighted by atomic mass is 16.4. The van der Waals surface area contributed by atoms with Crippen molar-refractivity contribution in [2.75, 3.05) is 20.1 Å². The van der Waals surface area contributed by atoms with Crippen molar-refractivity contribution in [2.45, 2.75) is 26.7 Å². The van der Waals surface area contributed by atoms with E-state index in [4.69, 9.17) is 5.11 Å². The van der Waals surface area contributed by atoms with Crippen LogP contribution in [0.4, 0.5) is 4.79 Å². The summed E-state index contributed by atoms with van der Waals surface area (Å²) in [4.78, 5) is 24.3. The number of nitrogens with one attached hydrogen (secondary N) is 1. The molecule has 0 saturated heterocycles. The predicted octanol–water partition coefficient (Wildman–Crippen LogP) is 2.61. The van der Waals surface area contributed by atoms with Crippen LogP contribution in [0.5, 0.6) is 0 Å². The fourth-order valence-corrected chi connectivity index (χ4v) is 1.94. The zero-order valence-electron chi connectivity index (χ0n) is 12.9. The van der Waals surface area contributed by atoms with Crippen molar-refractivity contribution in [2.24, 2.45) is 5.92 Å². The lowest BCUT2D eigenvalue weighted by atomic mass is 10.1. The highest BCUT2D eigenvalue weighted by Gasteiger charge is 2.10. The molecule has 0 saturated carbocycles. The van der Waals surface area contributed by atoms with Gasteiger partial charge >= 0.3 is 12.0 Å². The van der Waals surface area contributed by atoms with Crippen LogP contribution in [0.3, 0.4) is 0 Å². The Labute approximate surface area is 126 Å². The zero-order valence-corrected chi connectivity index (χ0v) is 12.9. The molecule has 2 amide bonds. The molecule has 1 rings (SSSR count). The third kappa shape index (κ3) is 5.85. The van der Waals surface area contributed by atoms with Gasteiger partial charge in [-0.25, -0.2) is 9.59 Å². The Bertz CT molecular complexity index is 471. The van der Waals surface area contributed by atoms with E-state index in [0.717, 1.165) is 18.5 Å². The first-order valence-electron chi connectivity index (χ1n) is 7.25. The van der Waals surface area contributed by atoms with E-state index in [1.807, 2.05) is 0 Å². The molecule has 5 nitrogen and oxygen atoms in total. The highest BCUT2D eigenvalue weighted by molar-refractivity contribution is 5.87. The van der Waals surface area contributed by atoms with Crippen molar-refractivity contribution in [3.05, 3.63) is 35.4 Å². The number of carbonyl (C=O) groups excluding carboxylic acids is 1. The van der Waals surface area contributed by atoms with E-state index in [0.29, 0.717) is 18.9 Å². The van der Waals surface area contributed by atoms with Crippen LogP contribution in [-0.2, 0) is 6.42 Å². The number of amides is 2. The van der Waals surface area contributed by atoms with Crippen LogP contribution in [0, 0.1) is 5.92 Å². The van der Waals surface area contributed by atoms with Gasteiger partial charge in [0.1, 0.15) is 0 Å². The number of carboxylic acid groups (broad SMARTS) is 1. The van der Waals surface area contributed by atoms with Gasteiger partial charge in [-0.3, -0.25) is 0 Å². The number of benzene rings is 1. The molecule has 0 bridgehead atoms. The molecule has 1 aromatic carbocycles. The molecule has 21 heavy (non-hydrogen) atoms. The second kappa shape index (κ2) is 8.29. The van der Waals surface area contributed by atoms with E-state index in [9.17, 15) is 9.59 Å². The third-order valence-electron chi connectivity index (χ3n) is 3.52. The van der Waals surface area contributed by atoms with Crippen LogP contribution in [-0.4, -0.2) is 42.1 Å². The first-order chi connectivity index (χ1) is 9.93. The van der Waals surface area contributed by atoms with Crippen molar-refractivity contribution >= 4 is 12.0 Å². The van der Waals surface area contributed by atoms with Gasteiger partial charge in [0.25, 0.3) is 0 Å². The van der Waals surface area contributed by atoms with E-state index in [2.05, 4.69) is 19.2 Å². The largest absolute Gasteiger partial charge is 0.478 e. The van der Waals surface area contributed by atoms with E-state index >= 15 is 0 Å². The number of hydrogen-bond donors (Lipinski definition) is 2. The first-order valence-corrected chi connectivity index (χ1v) is 7.25. The van der Waals surface area contributed by atoms with Gasteiger partial charge in [0.05, 0.1) is 5.56 Å². The summed E-state index contributed by atoms with van der Waals surface area (Å²) < 4.78 is 0. The number of carbonyl (C=O) groups is 2. The molecule has 116 valence electrons. The number of hydrogen-bond acceptors (Lipinski definition) is 2. The SMILES string of the molecule is CCC(C)CN(C)C(=O)NCCc1ccc(C(=O)O)cc1. The van der Waals surface area contributed by atoms with Crippen molar-refractivity contribution in [3.63, 3.8) is 0 Å². The van der Waals surface area contributed by atoms with Crippen LogP contribution in [0.25, 0.3) is 0 Å². The lowest BCUT2D eigenvalue weighted by molar-refractivity contribution is 0.0697. The van der Waals surface area contributed by atoms with E-state index in [1.165, 1.54) is 0 Å². The lowest BCUT2D eigenvalue weighted by Crippen LogP contribution is -2.40. The molecule has 1 aromatic rings. The summed E-state index contributed by atoms with van der Waals surface area (Å²) in [5.41, 5.74) is 1.28. The number of rotatable bonds is 7. The van der Waals surface area contributed by atoms with Crippen LogP contribution < -0.4 is 5.32 Å². The number of carboxylic acids is 1. The zero-order chi connectivity index (χ0) is 15.8. The van der Waals surface area contributed by atoms with Crippen LogP contribution >= 0.6 is 0 Å². The van der Waals surface area contributed by atoms with Gasteiger partial charge in [0.15, 0.2) is 0 Å². The van der Waals surface area contributed by atoms with E-state index < -0.39 is 5.97 Å². The Morgan fingerprint density at radius 3 is 2.43 bits per heavy atom. The minimum atomic E-state index is -0.929. The van der Waals surface area contributed by atoms with Gasteiger partial charge in [-0.15, -0.1) is 0 Å². The fourth-order valence-electron chi connectivity index (χ4n) is 1.94. The molecular formula is C16H24N2O3. The number of urea groups is 1. The maximum atomic E-state index is 11.9. The van der Waals surface area contributed by atoms with Gasteiger partial charge in [-0.05, 0) is 30.0 Å². The Morgan fingerprint density at radius 2 is 1.90 bits per heavy atom. The van der Waals surface area contributed by atoms with Crippen molar-refractivity contribution in [1.82, 2.24) is 10.2 Å². The van der Waals surface area contributed by atoms with Crippen LogP contribution in [0.15, 0.2) is 24.3 Å². The molecule has 0 spiro atoms. The van der Waals surface area contributed by atoms with Gasteiger partial charge in [0, 0.05) is 20.1 Å². The van der Waals surface area contributed by atoms with Crippen molar-refractivity contribution < 1.29 is 14.7 Å². The van der Waals surface area contributed by atoms with E-state index in [-0.39, 0.29) is 11.6 Å². The second-order valence-electron chi connectivity index (χ2n) is 5.38. The number of aromatic carboxylic acids is 1. The molecule has 0 radical (unpaired) electrons. The molecule has 0 fully saturated rings. The summed E-state index contributed by atoms with van der Waals surface area (Å²) in [5.74, 6) is -0.439. The summed E-state index contributed by atoms with van der Waals surface area (Å²) in [6.45, 7) is 5.51. The second-order valence-corrected chi connectivity index (χ2v) is 5.38. The molecule has 0 aromatic heterocycles. The summed E-state index contributed by atoms with van der Waals surface area (Å²) in [5, 5.41) is 11.7. The molecule has 5 heteroatoms. The third-order valence-corrected chi connectivity index (χ3v) is 3.52. The maximum absolute atomic E-state index is 11.9. The minimum absolute atomic E-state index is 0.0718. The molecular weight excluding hydrogens is 268 g/mol. The van der Waals surface area contributed by atoms with E-state index in [1.54, 1.807) is 36.2 Å². The molecule has 1 atom stereocenters. The quantitative estimate of drug-likeness (QED) is 0.811. The monoisotopic (exact) mass is 292 g/mol. The standard InChI is InChI=1S/C16H24N2O3/c1-4-12(2)11-18(3)16(21)17-10-9-13-5-7-14(8-6-13)15(19)20/h5-8,12H,4,9-11H2,1-3H3,(H,17,21)(H,19,20). The molecule has 0 aliphatic heterocycles. The molecule has 0 aliphatic carbocycles. The Hall–Kier alpha value is -2.04. The predicted molar refractivity (Wildman–Crippen MR) is 82.6 cm³/mol. The van der Waals surface area contributed by atoms with Gasteiger partial charge in [-0.2, -0.15) is 0 Å². The summed E-state index contributed by atoms with van der Waals surface area (Å²) >= 11 is 0. The smallest absolute Gasteiger partial charge is 0.335 e. The molecule has 2 N–H and O–H groups in total. The van der Waals surface area contributed by atoms with Crippen LogP contribution in [0.1, 0.15) is 36.2 Å². The van der Waals surface area contributed by atoms with Gasteiger partial charge in [-0.1, -0.05) is 32.4 Å². The average molecular weight is 292 g/mol. The maximum Gasteiger partial charge on any atom is 0.335 e. The normalized spacial score (nSPS) is 11.8. The topological polar surface area (TPSA) is 69.6 Å². The van der Waals surface area contributed by atoms with Gasteiger partial charge < -0.3 is 15.3 Å². The highest BCUT2D eigenvalue weighted by Crippen LogP contribution is 2.05. The molecule has 0 aliphatic rings. The van der Waals surface area contributed by atoms with Crippen molar-refractivity contribution in [3.8, 4) is 0 Å². The number of nitrogens with zero attached hydrogens (tertiary/aromatic N) is 1. The summed E-state index contributed by atoms with van der Waals surface area (Å²) in [6, 6.07) is 6.64.